The third-order valence-electron chi connectivity index (χ3n) is 1.79. The van der Waals surface area contributed by atoms with Gasteiger partial charge in [0, 0.05) is 12.4 Å². The smallest absolute Gasteiger partial charge is 0.112 e. The Morgan fingerprint density at radius 2 is 1.33 bits per heavy atom. The fourth-order valence-corrected chi connectivity index (χ4v) is 1.10. The molecule has 2 aromatic heterocycles. The summed E-state index contributed by atoms with van der Waals surface area (Å²) in [5.41, 5.74) is 1.83. The van der Waals surface area contributed by atoms with Crippen LogP contribution in [0.2, 0.25) is 0 Å². The van der Waals surface area contributed by atoms with Gasteiger partial charge in [-0.15, -0.1) is 0 Å². The highest BCUT2D eigenvalue weighted by Crippen LogP contribution is 2.03. The summed E-state index contributed by atoms with van der Waals surface area (Å²) in [5, 5.41) is 10.3. The fraction of sp³-hybridized carbons (Fsp3) is 0. The molecule has 2 heterocycles. The van der Waals surface area contributed by atoms with E-state index in [1.165, 1.54) is 0 Å². The molecule has 74 valence electrons. The van der Waals surface area contributed by atoms with Crippen LogP contribution < -0.4 is 0 Å². The molecule has 0 aliphatic carbocycles. The minimum absolute atomic E-state index is 0.914. The van der Waals surface area contributed by atoms with Gasteiger partial charge in [-0.2, -0.15) is 15.4 Å². The van der Waals surface area contributed by atoms with Gasteiger partial charge in [0.15, 0.2) is 0 Å². The first-order valence-corrected chi connectivity index (χ1v) is 4.57. The molecule has 0 saturated carbocycles. The molecule has 3 aromatic rings. The van der Waals surface area contributed by atoms with E-state index in [4.69, 9.17) is 0 Å². The largest absolute Gasteiger partial charge is 0.265 e. The monoisotopic (exact) mass is 198 g/mol. The maximum atomic E-state index is 3.88. The van der Waals surface area contributed by atoms with Crippen molar-refractivity contribution in [3.63, 3.8) is 0 Å². The lowest BCUT2D eigenvalue weighted by molar-refractivity contribution is 0.959. The SMILES string of the molecule is c1ccc2n[nH]nc2c1.c1ccncc1. The van der Waals surface area contributed by atoms with Gasteiger partial charge in [0.25, 0.3) is 0 Å². The van der Waals surface area contributed by atoms with E-state index in [0.717, 1.165) is 11.0 Å². The molecule has 0 atom stereocenters. The Kier molecular flexibility index (Phi) is 3.02. The number of fused-ring (bicyclic) bond motifs is 1. The Bertz CT molecular complexity index is 447. The molecular weight excluding hydrogens is 188 g/mol. The van der Waals surface area contributed by atoms with E-state index in [9.17, 15) is 0 Å². The van der Waals surface area contributed by atoms with Crippen LogP contribution in [0.25, 0.3) is 11.0 Å². The van der Waals surface area contributed by atoms with Crippen LogP contribution in [0.4, 0.5) is 0 Å². The van der Waals surface area contributed by atoms with Gasteiger partial charge in [-0.05, 0) is 24.3 Å². The van der Waals surface area contributed by atoms with Crippen molar-refractivity contribution in [2.45, 2.75) is 0 Å². The number of hydrogen-bond acceptors (Lipinski definition) is 3. The molecule has 0 radical (unpaired) electrons. The maximum Gasteiger partial charge on any atom is 0.112 e. The van der Waals surface area contributed by atoms with E-state index in [1.54, 1.807) is 12.4 Å². The Hall–Kier alpha value is -2.23. The summed E-state index contributed by atoms with van der Waals surface area (Å²) in [5.74, 6) is 0. The predicted octanol–water partition coefficient (Wildman–Crippen LogP) is 2.04. The van der Waals surface area contributed by atoms with Gasteiger partial charge in [0.1, 0.15) is 11.0 Å². The quantitative estimate of drug-likeness (QED) is 0.601. The first-order chi connectivity index (χ1) is 7.47. The Morgan fingerprint density at radius 1 is 0.733 bits per heavy atom. The van der Waals surface area contributed by atoms with E-state index in [2.05, 4.69) is 20.4 Å². The molecule has 3 rings (SSSR count). The molecular formula is C11H10N4. The zero-order valence-electron chi connectivity index (χ0n) is 8.04. The summed E-state index contributed by atoms with van der Waals surface area (Å²) in [7, 11) is 0. The third kappa shape index (κ3) is 2.60. The van der Waals surface area contributed by atoms with Crippen molar-refractivity contribution in [3.8, 4) is 0 Å². The van der Waals surface area contributed by atoms with Crippen molar-refractivity contribution in [3.05, 3.63) is 54.9 Å². The number of hydrogen-bond donors (Lipinski definition) is 1. The topological polar surface area (TPSA) is 54.5 Å². The molecule has 0 unspecified atom stereocenters. The van der Waals surface area contributed by atoms with Crippen molar-refractivity contribution >= 4 is 11.0 Å². The van der Waals surface area contributed by atoms with Gasteiger partial charge in [-0.1, -0.05) is 18.2 Å². The summed E-state index contributed by atoms with van der Waals surface area (Å²) >= 11 is 0. The lowest BCUT2D eigenvalue weighted by atomic mass is 10.3. The van der Waals surface area contributed by atoms with Gasteiger partial charge in [0.2, 0.25) is 0 Å². The van der Waals surface area contributed by atoms with E-state index in [1.807, 2.05) is 42.5 Å². The molecule has 15 heavy (non-hydrogen) atoms. The number of aromatic amines is 1. The van der Waals surface area contributed by atoms with E-state index in [0.29, 0.717) is 0 Å². The Labute approximate surface area is 87.0 Å². The highest BCUT2D eigenvalue weighted by Gasteiger charge is 1.90. The van der Waals surface area contributed by atoms with Crippen LogP contribution >= 0.6 is 0 Å². The third-order valence-corrected chi connectivity index (χ3v) is 1.79. The summed E-state index contributed by atoms with van der Waals surface area (Å²) in [6.07, 6.45) is 3.50. The first kappa shape index (κ1) is 9.33. The number of nitrogens with zero attached hydrogens (tertiary/aromatic N) is 3. The number of rotatable bonds is 0. The van der Waals surface area contributed by atoms with Crippen molar-refractivity contribution in [1.82, 2.24) is 20.4 Å². The lowest BCUT2D eigenvalue weighted by Crippen LogP contribution is -1.63. The summed E-state index contributed by atoms with van der Waals surface area (Å²) in [6, 6.07) is 13.4. The van der Waals surface area contributed by atoms with E-state index >= 15 is 0 Å². The van der Waals surface area contributed by atoms with E-state index in [-0.39, 0.29) is 0 Å². The van der Waals surface area contributed by atoms with Gasteiger partial charge in [-0.3, -0.25) is 4.98 Å². The summed E-state index contributed by atoms with van der Waals surface area (Å²) in [6.45, 7) is 0. The molecule has 4 nitrogen and oxygen atoms in total. The summed E-state index contributed by atoms with van der Waals surface area (Å²) < 4.78 is 0. The second kappa shape index (κ2) is 4.85. The molecule has 4 heteroatoms. The molecule has 0 fully saturated rings. The number of pyridine rings is 1. The van der Waals surface area contributed by atoms with Crippen LogP contribution in [-0.2, 0) is 0 Å². The summed E-state index contributed by atoms with van der Waals surface area (Å²) in [4.78, 5) is 3.78. The zero-order chi connectivity index (χ0) is 10.3. The van der Waals surface area contributed by atoms with Crippen molar-refractivity contribution in [2.75, 3.05) is 0 Å². The minimum Gasteiger partial charge on any atom is -0.265 e. The average Bonchev–Trinajstić information content (AvgIpc) is 2.80. The highest BCUT2D eigenvalue weighted by atomic mass is 15.3. The second-order valence-corrected chi connectivity index (χ2v) is 2.84. The normalized spacial score (nSPS) is 9.33. The first-order valence-electron chi connectivity index (χ1n) is 4.57. The molecule has 0 spiro atoms. The molecule has 0 aliphatic heterocycles. The number of para-hydroxylation sites is 2. The Balaban J connectivity index is 0.000000124. The molecule has 0 amide bonds. The van der Waals surface area contributed by atoms with Gasteiger partial charge in [-0.25, -0.2) is 0 Å². The van der Waals surface area contributed by atoms with Crippen molar-refractivity contribution in [1.29, 1.82) is 0 Å². The lowest BCUT2D eigenvalue weighted by Gasteiger charge is -1.78. The van der Waals surface area contributed by atoms with Gasteiger partial charge in [0.05, 0.1) is 0 Å². The molecule has 0 aliphatic rings. The standard InChI is InChI=1S/C6H5N3.C5H5N/c1-2-4-6-5(3-1)7-9-8-6;1-2-4-6-5-3-1/h1-4H,(H,7,8,9);1-5H. The number of nitrogens with one attached hydrogen (secondary N) is 1. The maximum absolute atomic E-state index is 3.88. The van der Waals surface area contributed by atoms with Crippen LogP contribution in [0.1, 0.15) is 0 Å². The Morgan fingerprint density at radius 3 is 1.73 bits per heavy atom. The minimum atomic E-state index is 0.914. The molecule has 0 saturated heterocycles. The fourth-order valence-electron chi connectivity index (χ4n) is 1.10. The predicted molar refractivity (Wildman–Crippen MR) is 58.1 cm³/mol. The van der Waals surface area contributed by atoms with Crippen molar-refractivity contribution in [2.24, 2.45) is 0 Å². The molecule has 1 N–H and O–H groups in total. The van der Waals surface area contributed by atoms with Crippen LogP contribution in [0.3, 0.4) is 0 Å². The van der Waals surface area contributed by atoms with Gasteiger partial charge >= 0.3 is 0 Å². The number of aromatic nitrogens is 4. The van der Waals surface area contributed by atoms with Gasteiger partial charge < -0.3 is 0 Å². The number of H-pyrrole nitrogens is 1. The molecule has 0 bridgehead atoms. The van der Waals surface area contributed by atoms with Crippen molar-refractivity contribution < 1.29 is 0 Å². The van der Waals surface area contributed by atoms with Crippen LogP contribution in [0.15, 0.2) is 54.9 Å². The molecule has 1 aromatic carbocycles. The van der Waals surface area contributed by atoms with E-state index < -0.39 is 0 Å². The average molecular weight is 198 g/mol. The number of benzene rings is 1. The van der Waals surface area contributed by atoms with Crippen LogP contribution in [0, 0.1) is 0 Å². The van der Waals surface area contributed by atoms with Crippen LogP contribution in [-0.4, -0.2) is 20.4 Å². The highest BCUT2D eigenvalue weighted by molar-refractivity contribution is 5.72. The zero-order valence-corrected chi connectivity index (χ0v) is 8.04. The second-order valence-electron chi connectivity index (χ2n) is 2.84. The van der Waals surface area contributed by atoms with Crippen LogP contribution in [0.5, 0.6) is 0 Å².